The van der Waals surface area contributed by atoms with Crippen molar-refractivity contribution in [3.05, 3.63) is 12.2 Å². The fourth-order valence-electron chi connectivity index (χ4n) is 2.35. The average Bonchev–Trinajstić information content (AvgIpc) is 2.75. The van der Waals surface area contributed by atoms with Gasteiger partial charge in [0.05, 0.1) is 0 Å². The molecule has 0 amide bonds. The van der Waals surface area contributed by atoms with Crippen LogP contribution in [0.2, 0.25) is 0 Å². The summed E-state index contributed by atoms with van der Waals surface area (Å²) in [4.78, 5) is 2.64. The van der Waals surface area contributed by atoms with Crippen molar-refractivity contribution < 1.29 is 0 Å². The number of likely N-dealkylation sites (tertiary alicyclic amines) is 1. The number of rotatable bonds is 2. The minimum Gasteiger partial charge on any atom is -0.303 e. The molecule has 1 unspecified atom stereocenters. The van der Waals surface area contributed by atoms with Gasteiger partial charge in [-0.2, -0.15) is 0 Å². The lowest BCUT2D eigenvalue weighted by atomic mass is 9.94. The van der Waals surface area contributed by atoms with Crippen LogP contribution in [-0.4, -0.2) is 24.5 Å². The average molecular weight is 195 g/mol. The van der Waals surface area contributed by atoms with E-state index in [1.807, 2.05) is 13.8 Å². The molecule has 1 aliphatic carbocycles. The minimum atomic E-state index is 0.966. The predicted octanol–water partition coefficient (Wildman–Crippen LogP) is 3.46. The van der Waals surface area contributed by atoms with Gasteiger partial charge in [0.15, 0.2) is 0 Å². The maximum Gasteiger partial charge on any atom is 0.00127 e. The fourth-order valence-corrected chi connectivity index (χ4v) is 2.35. The van der Waals surface area contributed by atoms with Gasteiger partial charge in [0.2, 0.25) is 0 Å². The normalized spacial score (nSPS) is 27.1. The zero-order valence-corrected chi connectivity index (χ0v) is 9.84. The van der Waals surface area contributed by atoms with Crippen molar-refractivity contribution in [2.75, 3.05) is 19.6 Å². The van der Waals surface area contributed by atoms with Gasteiger partial charge in [0.1, 0.15) is 0 Å². The van der Waals surface area contributed by atoms with Crippen LogP contribution in [0.3, 0.4) is 0 Å². The van der Waals surface area contributed by atoms with E-state index in [1.54, 1.807) is 0 Å². The van der Waals surface area contributed by atoms with Crippen LogP contribution in [0.4, 0.5) is 0 Å². The molecule has 1 nitrogen and oxygen atoms in total. The topological polar surface area (TPSA) is 3.24 Å². The van der Waals surface area contributed by atoms with Crippen LogP contribution in [0.5, 0.6) is 0 Å². The molecule has 0 radical (unpaired) electrons. The second-order valence-electron chi connectivity index (χ2n) is 4.16. The quantitative estimate of drug-likeness (QED) is 0.610. The Labute approximate surface area is 89.2 Å². The second kappa shape index (κ2) is 7.05. The summed E-state index contributed by atoms with van der Waals surface area (Å²) >= 11 is 0. The first-order valence-corrected chi connectivity index (χ1v) is 6.32. The van der Waals surface area contributed by atoms with E-state index in [-0.39, 0.29) is 0 Å². The van der Waals surface area contributed by atoms with E-state index in [0.717, 1.165) is 5.92 Å². The Balaban J connectivity index is 0.000000461. The molecular weight excluding hydrogens is 170 g/mol. The molecule has 0 spiro atoms. The summed E-state index contributed by atoms with van der Waals surface area (Å²) in [5.41, 5.74) is 0. The van der Waals surface area contributed by atoms with Crippen molar-refractivity contribution in [3.63, 3.8) is 0 Å². The maximum atomic E-state index is 2.64. The van der Waals surface area contributed by atoms with E-state index in [1.165, 1.54) is 51.7 Å². The van der Waals surface area contributed by atoms with Crippen molar-refractivity contribution in [3.8, 4) is 0 Å². The van der Waals surface area contributed by atoms with E-state index in [4.69, 9.17) is 0 Å². The summed E-state index contributed by atoms with van der Waals surface area (Å²) in [5, 5.41) is 0. The van der Waals surface area contributed by atoms with Crippen LogP contribution in [-0.2, 0) is 0 Å². The highest BCUT2D eigenvalue weighted by molar-refractivity contribution is 4.91. The molecular formula is C13H25N. The molecule has 1 fully saturated rings. The molecule has 2 rings (SSSR count). The Morgan fingerprint density at radius 1 is 1.14 bits per heavy atom. The minimum absolute atomic E-state index is 0.966. The Bertz CT molecular complexity index is 157. The van der Waals surface area contributed by atoms with Crippen molar-refractivity contribution in [2.24, 2.45) is 5.92 Å². The molecule has 0 saturated carbocycles. The molecule has 82 valence electrons. The van der Waals surface area contributed by atoms with Gasteiger partial charge in [-0.25, -0.2) is 0 Å². The highest BCUT2D eigenvalue weighted by atomic mass is 15.1. The Morgan fingerprint density at radius 2 is 1.86 bits per heavy atom. The molecule has 0 N–H and O–H groups in total. The molecule has 1 aliphatic heterocycles. The molecule has 0 aromatic heterocycles. The first-order chi connectivity index (χ1) is 6.95. The van der Waals surface area contributed by atoms with Gasteiger partial charge >= 0.3 is 0 Å². The largest absolute Gasteiger partial charge is 0.303 e. The monoisotopic (exact) mass is 195 g/mol. The van der Waals surface area contributed by atoms with Crippen LogP contribution in [0, 0.1) is 5.92 Å². The second-order valence-corrected chi connectivity index (χ2v) is 4.16. The number of nitrogens with zero attached hydrogens (tertiary/aromatic N) is 1. The maximum absolute atomic E-state index is 2.64. The van der Waals surface area contributed by atoms with Gasteiger partial charge in [0.25, 0.3) is 0 Å². The van der Waals surface area contributed by atoms with Gasteiger partial charge in [-0.1, -0.05) is 26.0 Å². The van der Waals surface area contributed by atoms with Gasteiger partial charge in [-0.15, -0.1) is 0 Å². The van der Waals surface area contributed by atoms with E-state index >= 15 is 0 Å². The van der Waals surface area contributed by atoms with Gasteiger partial charge < -0.3 is 4.90 Å². The summed E-state index contributed by atoms with van der Waals surface area (Å²) in [5.74, 6) is 0.966. The SMILES string of the molecule is C1=CCC(CN2CCCC2)CC1.CC. The van der Waals surface area contributed by atoms with Crippen molar-refractivity contribution >= 4 is 0 Å². The van der Waals surface area contributed by atoms with Crippen LogP contribution in [0.25, 0.3) is 0 Å². The fraction of sp³-hybridized carbons (Fsp3) is 0.846. The first-order valence-electron chi connectivity index (χ1n) is 6.32. The van der Waals surface area contributed by atoms with E-state index in [9.17, 15) is 0 Å². The molecule has 0 bridgehead atoms. The molecule has 0 aromatic rings. The standard InChI is InChI=1S/C11H19N.C2H6/c1-2-6-11(7-3-1)10-12-8-4-5-9-12;1-2/h1-2,11H,3-10H2;1-2H3. The third-order valence-electron chi connectivity index (χ3n) is 3.09. The predicted molar refractivity (Wildman–Crippen MR) is 63.5 cm³/mol. The van der Waals surface area contributed by atoms with Crippen molar-refractivity contribution in [2.45, 2.75) is 46.0 Å². The third-order valence-corrected chi connectivity index (χ3v) is 3.09. The van der Waals surface area contributed by atoms with Gasteiger partial charge in [-0.3, -0.25) is 0 Å². The van der Waals surface area contributed by atoms with Crippen LogP contribution >= 0.6 is 0 Å². The first kappa shape index (κ1) is 11.8. The smallest absolute Gasteiger partial charge is 0.00127 e. The number of hydrogen-bond donors (Lipinski definition) is 0. The zero-order chi connectivity index (χ0) is 10.2. The molecule has 1 heteroatoms. The molecule has 14 heavy (non-hydrogen) atoms. The molecule has 2 aliphatic rings. The van der Waals surface area contributed by atoms with Gasteiger partial charge in [-0.05, 0) is 51.1 Å². The summed E-state index contributed by atoms with van der Waals surface area (Å²) in [6.07, 6.45) is 11.6. The zero-order valence-electron chi connectivity index (χ0n) is 9.84. The molecule has 1 atom stereocenters. The lowest BCUT2D eigenvalue weighted by Crippen LogP contribution is -2.27. The summed E-state index contributed by atoms with van der Waals surface area (Å²) in [6.45, 7) is 8.09. The third kappa shape index (κ3) is 3.83. The van der Waals surface area contributed by atoms with Crippen molar-refractivity contribution in [1.82, 2.24) is 4.90 Å². The molecule has 1 saturated heterocycles. The molecule has 0 aromatic carbocycles. The van der Waals surface area contributed by atoms with E-state index in [2.05, 4.69) is 17.1 Å². The van der Waals surface area contributed by atoms with E-state index < -0.39 is 0 Å². The summed E-state index contributed by atoms with van der Waals surface area (Å²) < 4.78 is 0. The van der Waals surface area contributed by atoms with Crippen LogP contribution in [0.15, 0.2) is 12.2 Å². The lowest BCUT2D eigenvalue weighted by Gasteiger charge is -2.23. The Hall–Kier alpha value is -0.300. The Kier molecular flexibility index (Phi) is 5.93. The number of allylic oxidation sites excluding steroid dienone is 2. The Morgan fingerprint density at radius 3 is 2.43 bits per heavy atom. The van der Waals surface area contributed by atoms with E-state index in [0.29, 0.717) is 0 Å². The van der Waals surface area contributed by atoms with Gasteiger partial charge in [0, 0.05) is 6.54 Å². The van der Waals surface area contributed by atoms with Crippen molar-refractivity contribution in [1.29, 1.82) is 0 Å². The summed E-state index contributed by atoms with van der Waals surface area (Å²) in [7, 11) is 0. The highest BCUT2D eigenvalue weighted by Crippen LogP contribution is 2.20. The number of hydrogen-bond acceptors (Lipinski definition) is 1. The molecule has 1 heterocycles. The van der Waals surface area contributed by atoms with Crippen LogP contribution < -0.4 is 0 Å². The summed E-state index contributed by atoms with van der Waals surface area (Å²) in [6, 6.07) is 0. The van der Waals surface area contributed by atoms with Crippen LogP contribution in [0.1, 0.15) is 46.0 Å². The highest BCUT2D eigenvalue weighted by Gasteiger charge is 2.17. The lowest BCUT2D eigenvalue weighted by molar-refractivity contribution is 0.266.